The molecule has 4 rings (SSSR count). The number of sulfonamides is 1. The van der Waals surface area contributed by atoms with E-state index in [1.54, 1.807) is 12.1 Å². The molecule has 0 saturated heterocycles. The number of anilines is 1. The molecule has 7 nitrogen and oxygen atoms in total. The van der Waals surface area contributed by atoms with Crippen molar-refractivity contribution in [1.29, 1.82) is 0 Å². The molecule has 0 aliphatic rings. The number of hydrogen-bond acceptors (Lipinski definition) is 5. The lowest BCUT2D eigenvalue weighted by Gasteiger charge is -2.12. The second-order valence-corrected chi connectivity index (χ2v) is 9.03. The van der Waals surface area contributed by atoms with Crippen molar-refractivity contribution in [3.8, 4) is 0 Å². The Morgan fingerprint density at radius 3 is 2.48 bits per heavy atom. The number of pyridine rings is 1. The number of nitrogens with one attached hydrogen (secondary N) is 2. The molecular formula is C23H17F2N3O4S. The highest BCUT2D eigenvalue weighted by Gasteiger charge is 2.26. The van der Waals surface area contributed by atoms with E-state index in [1.165, 1.54) is 43.6 Å². The molecular weight excluding hydrogens is 452 g/mol. The summed E-state index contributed by atoms with van der Waals surface area (Å²) in [6, 6.07) is 10.3. The monoisotopic (exact) mass is 469 g/mol. The van der Waals surface area contributed by atoms with Crippen molar-refractivity contribution in [2.24, 2.45) is 0 Å². The number of rotatable bonds is 7. The fourth-order valence-electron chi connectivity index (χ4n) is 3.40. The Kier molecular flexibility index (Phi) is 5.77. The van der Waals surface area contributed by atoms with Crippen molar-refractivity contribution in [2.75, 3.05) is 4.72 Å². The van der Waals surface area contributed by atoms with Crippen LogP contribution >= 0.6 is 0 Å². The highest BCUT2D eigenvalue weighted by Crippen LogP contribution is 2.28. The van der Waals surface area contributed by atoms with Crippen molar-refractivity contribution in [2.45, 2.75) is 18.2 Å². The summed E-state index contributed by atoms with van der Waals surface area (Å²) in [5, 5.41) is 0.373. The lowest BCUT2D eigenvalue weighted by Crippen LogP contribution is -2.16. The molecule has 0 aliphatic heterocycles. The lowest BCUT2D eigenvalue weighted by atomic mass is 10.0. The smallest absolute Gasteiger partial charge is 0.261 e. The van der Waals surface area contributed by atoms with Gasteiger partial charge in [0.2, 0.25) is 5.78 Å². The minimum atomic E-state index is -4.25. The number of H-pyrrole nitrogens is 1. The highest BCUT2D eigenvalue weighted by molar-refractivity contribution is 7.92. The summed E-state index contributed by atoms with van der Waals surface area (Å²) in [5.74, 6) is -3.51. The van der Waals surface area contributed by atoms with E-state index in [0.717, 1.165) is 12.1 Å². The van der Waals surface area contributed by atoms with Gasteiger partial charge < -0.3 is 4.98 Å². The minimum absolute atomic E-state index is 0.00281. The maximum Gasteiger partial charge on any atom is 0.261 e. The van der Waals surface area contributed by atoms with E-state index in [1.807, 2.05) is 0 Å². The third kappa shape index (κ3) is 4.37. The number of Topliss-reactive ketones (excluding diaryl/α,β-unsaturated/α-hetero) is 1. The van der Waals surface area contributed by atoms with Crippen LogP contribution in [0, 0.1) is 11.6 Å². The summed E-state index contributed by atoms with van der Waals surface area (Å²) < 4.78 is 57.2. The predicted octanol–water partition coefficient (Wildman–Crippen LogP) is 4.00. The number of carbonyl (C=O) groups excluding carboxylic acids is 2. The molecule has 0 unspecified atom stereocenters. The van der Waals surface area contributed by atoms with Gasteiger partial charge >= 0.3 is 0 Å². The van der Waals surface area contributed by atoms with Crippen LogP contribution in [-0.2, 0) is 21.2 Å². The number of nitrogens with zero attached hydrogens (tertiary/aromatic N) is 1. The van der Waals surface area contributed by atoms with E-state index in [4.69, 9.17) is 0 Å². The molecule has 33 heavy (non-hydrogen) atoms. The molecule has 0 saturated carbocycles. The van der Waals surface area contributed by atoms with Gasteiger partial charge in [0.1, 0.15) is 17.2 Å². The molecule has 0 aliphatic carbocycles. The average Bonchev–Trinajstić information content (AvgIpc) is 3.20. The van der Waals surface area contributed by atoms with Gasteiger partial charge in [0.15, 0.2) is 5.82 Å². The molecule has 0 bridgehead atoms. The minimum Gasteiger partial charge on any atom is -0.345 e. The first-order valence-electron chi connectivity index (χ1n) is 9.73. The molecule has 0 spiro atoms. The zero-order valence-electron chi connectivity index (χ0n) is 17.2. The summed E-state index contributed by atoms with van der Waals surface area (Å²) in [6.45, 7) is 1.41. The molecule has 0 fully saturated rings. The molecule has 2 N–H and O–H groups in total. The number of fused-ring (bicyclic) bond motifs is 1. The highest BCUT2D eigenvalue weighted by atomic mass is 32.2. The van der Waals surface area contributed by atoms with Crippen LogP contribution in [0.4, 0.5) is 14.5 Å². The van der Waals surface area contributed by atoms with E-state index in [0.29, 0.717) is 16.6 Å². The molecule has 0 radical (unpaired) electrons. The quantitative estimate of drug-likeness (QED) is 0.398. The SMILES string of the molecule is CC(=O)Cc1ccc(S(=O)(=O)Nc2ccc(F)c(C(=O)c3c[nH]c4ncccc34)c2F)cc1. The maximum atomic E-state index is 15.2. The van der Waals surface area contributed by atoms with E-state index < -0.39 is 38.7 Å². The fourth-order valence-corrected chi connectivity index (χ4v) is 4.45. The largest absolute Gasteiger partial charge is 0.345 e. The zero-order chi connectivity index (χ0) is 23.8. The first kappa shape index (κ1) is 22.3. The van der Waals surface area contributed by atoms with Gasteiger partial charge in [-0.2, -0.15) is 0 Å². The van der Waals surface area contributed by atoms with Crippen molar-refractivity contribution in [3.05, 3.63) is 89.2 Å². The van der Waals surface area contributed by atoms with Crippen molar-refractivity contribution in [3.63, 3.8) is 0 Å². The number of hydrogen-bond donors (Lipinski definition) is 2. The number of aromatic amines is 1. The van der Waals surface area contributed by atoms with E-state index in [2.05, 4.69) is 14.7 Å². The first-order valence-corrected chi connectivity index (χ1v) is 11.2. The third-order valence-corrected chi connectivity index (χ3v) is 6.33. The molecule has 0 amide bonds. The van der Waals surface area contributed by atoms with Crippen LogP contribution in [-0.4, -0.2) is 30.0 Å². The zero-order valence-corrected chi connectivity index (χ0v) is 18.0. The lowest BCUT2D eigenvalue weighted by molar-refractivity contribution is -0.116. The third-order valence-electron chi connectivity index (χ3n) is 4.94. The van der Waals surface area contributed by atoms with Gasteiger partial charge in [-0.3, -0.25) is 14.3 Å². The molecule has 2 aromatic carbocycles. The average molecular weight is 469 g/mol. The molecule has 168 valence electrons. The van der Waals surface area contributed by atoms with Crippen LogP contribution in [0.15, 0.2) is 65.8 Å². The Morgan fingerprint density at radius 2 is 1.79 bits per heavy atom. The number of halogens is 2. The molecule has 0 atom stereocenters. The standard InChI is InChI=1S/C23H17F2N3O4S/c1-13(29)11-14-4-6-15(7-5-14)33(31,32)28-19-9-8-18(24)20(21(19)25)22(30)17-12-27-23-16(17)3-2-10-26-23/h2-10,12,28H,11H2,1H3,(H,26,27). The van der Waals surface area contributed by atoms with Crippen molar-refractivity contribution in [1.82, 2.24) is 9.97 Å². The summed E-state index contributed by atoms with van der Waals surface area (Å²) in [7, 11) is -4.25. The van der Waals surface area contributed by atoms with E-state index in [9.17, 15) is 22.4 Å². The Morgan fingerprint density at radius 1 is 1.06 bits per heavy atom. The van der Waals surface area contributed by atoms with Gasteiger partial charge in [0, 0.05) is 29.8 Å². The van der Waals surface area contributed by atoms with E-state index in [-0.39, 0.29) is 22.7 Å². The normalized spacial score (nSPS) is 11.5. The number of benzene rings is 2. The van der Waals surface area contributed by atoms with Crippen molar-refractivity contribution < 1.29 is 26.8 Å². The second kappa shape index (κ2) is 8.55. The molecule has 2 aromatic heterocycles. The summed E-state index contributed by atoms with van der Waals surface area (Å²) in [5.41, 5.74) is -0.485. The number of ketones is 2. The van der Waals surface area contributed by atoms with Crippen LogP contribution in [0.2, 0.25) is 0 Å². The predicted molar refractivity (Wildman–Crippen MR) is 118 cm³/mol. The topological polar surface area (TPSA) is 109 Å². The first-order chi connectivity index (χ1) is 15.7. The summed E-state index contributed by atoms with van der Waals surface area (Å²) in [6.07, 6.45) is 2.93. The second-order valence-electron chi connectivity index (χ2n) is 7.34. The van der Waals surface area contributed by atoms with Gasteiger partial charge in [-0.25, -0.2) is 22.2 Å². The van der Waals surface area contributed by atoms with E-state index >= 15 is 4.39 Å². The van der Waals surface area contributed by atoms with Crippen LogP contribution in [0.25, 0.3) is 11.0 Å². The molecule has 10 heteroatoms. The van der Waals surface area contributed by atoms with Gasteiger partial charge in [-0.15, -0.1) is 0 Å². The van der Waals surface area contributed by atoms with Crippen LogP contribution < -0.4 is 4.72 Å². The summed E-state index contributed by atoms with van der Waals surface area (Å²) >= 11 is 0. The fraction of sp³-hybridized carbons (Fsp3) is 0.0870. The maximum absolute atomic E-state index is 15.2. The van der Waals surface area contributed by atoms with Crippen LogP contribution in [0.1, 0.15) is 28.4 Å². The molecule has 4 aromatic rings. The molecule has 2 heterocycles. The number of aromatic nitrogens is 2. The number of carbonyl (C=O) groups is 2. The Bertz CT molecular complexity index is 1500. The van der Waals surface area contributed by atoms with Gasteiger partial charge in [0.25, 0.3) is 10.0 Å². The van der Waals surface area contributed by atoms with Crippen LogP contribution in [0.3, 0.4) is 0 Å². The summed E-state index contributed by atoms with van der Waals surface area (Å²) in [4.78, 5) is 30.8. The van der Waals surface area contributed by atoms with Crippen LogP contribution in [0.5, 0.6) is 0 Å². The Balaban J connectivity index is 1.68. The Hall–Kier alpha value is -3.92. The Labute approximate surface area is 187 Å². The van der Waals surface area contributed by atoms with Gasteiger partial charge in [-0.1, -0.05) is 12.1 Å². The van der Waals surface area contributed by atoms with Crippen molar-refractivity contribution >= 4 is 38.3 Å². The van der Waals surface area contributed by atoms with Gasteiger partial charge in [0.05, 0.1) is 16.1 Å². The van der Waals surface area contributed by atoms with Gasteiger partial charge in [-0.05, 0) is 48.9 Å².